The molecule has 2 heterocycles. The van der Waals surface area contributed by atoms with E-state index in [9.17, 15) is 0 Å². The number of aromatic nitrogens is 4. The summed E-state index contributed by atoms with van der Waals surface area (Å²) in [5, 5.41) is 9.90. The molecule has 5 nitrogen and oxygen atoms in total. The molecule has 7 heteroatoms. The van der Waals surface area contributed by atoms with Crippen molar-refractivity contribution < 1.29 is 4.74 Å². The first-order valence-corrected chi connectivity index (χ1v) is 11.8. The van der Waals surface area contributed by atoms with Crippen LogP contribution in [0.4, 0.5) is 0 Å². The number of hydrogen-bond donors (Lipinski definition) is 0. The summed E-state index contributed by atoms with van der Waals surface area (Å²) in [6, 6.07) is 13.7. The summed E-state index contributed by atoms with van der Waals surface area (Å²) in [5.41, 5.74) is 1.08. The molecule has 1 saturated carbocycles. The first-order valence-electron chi connectivity index (χ1n) is 10.0. The van der Waals surface area contributed by atoms with E-state index in [-0.39, 0.29) is 6.10 Å². The van der Waals surface area contributed by atoms with Crippen LogP contribution >= 0.6 is 23.4 Å². The van der Waals surface area contributed by atoms with Crippen molar-refractivity contribution in [3.8, 4) is 11.6 Å². The Labute approximate surface area is 180 Å². The van der Waals surface area contributed by atoms with Gasteiger partial charge in [0.15, 0.2) is 0 Å². The van der Waals surface area contributed by atoms with Crippen molar-refractivity contribution in [3.63, 3.8) is 0 Å². The van der Waals surface area contributed by atoms with Gasteiger partial charge in [0.2, 0.25) is 5.88 Å². The molecule has 0 unspecified atom stereocenters. The van der Waals surface area contributed by atoms with Crippen molar-refractivity contribution >= 4 is 23.4 Å². The summed E-state index contributed by atoms with van der Waals surface area (Å²) >= 11 is 7.93. The monoisotopic (exact) mass is 428 g/mol. The lowest BCUT2D eigenvalue weighted by Crippen LogP contribution is -2.25. The van der Waals surface area contributed by atoms with Crippen molar-refractivity contribution in [1.29, 1.82) is 0 Å². The molecular formula is C22H25ClN4OS. The molecule has 2 aromatic heterocycles. The molecule has 152 valence electrons. The van der Waals surface area contributed by atoms with Gasteiger partial charge >= 0.3 is 0 Å². The van der Waals surface area contributed by atoms with Crippen LogP contribution in [0.15, 0.2) is 48.7 Å². The molecule has 0 amide bonds. The zero-order chi connectivity index (χ0) is 20.1. The lowest BCUT2D eigenvalue weighted by atomic mass is 9.86. The number of rotatable bonds is 7. The summed E-state index contributed by atoms with van der Waals surface area (Å²) < 4.78 is 8.29. The zero-order valence-corrected chi connectivity index (χ0v) is 18.1. The van der Waals surface area contributed by atoms with Crippen LogP contribution in [0.2, 0.25) is 5.02 Å². The Hall–Kier alpha value is -2.05. The topological polar surface area (TPSA) is 52.8 Å². The molecule has 0 radical (unpaired) electrons. The average molecular weight is 429 g/mol. The number of hydrogen-bond acceptors (Lipinski definition) is 5. The minimum Gasteiger partial charge on any atom is -0.474 e. The molecule has 1 aromatic carbocycles. The predicted molar refractivity (Wildman–Crippen MR) is 118 cm³/mol. The van der Waals surface area contributed by atoms with Gasteiger partial charge in [0, 0.05) is 41.1 Å². The molecular weight excluding hydrogens is 404 g/mol. The summed E-state index contributed by atoms with van der Waals surface area (Å²) in [6.07, 6.45) is 9.05. The summed E-state index contributed by atoms with van der Waals surface area (Å²) in [4.78, 5) is 4.28. The Bertz CT molecular complexity index is 908. The van der Waals surface area contributed by atoms with Crippen molar-refractivity contribution in [2.24, 2.45) is 0 Å². The van der Waals surface area contributed by atoms with E-state index in [2.05, 4.69) is 26.0 Å². The summed E-state index contributed by atoms with van der Waals surface area (Å²) in [6.45, 7) is 0. The number of halogens is 1. The second kappa shape index (κ2) is 9.63. The third-order valence-corrected chi connectivity index (χ3v) is 6.20. The van der Waals surface area contributed by atoms with Crippen molar-refractivity contribution in [2.45, 2.75) is 44.1 Å². The molecule has 1 aliphatic rings. The molecule has 1 fully saturated rings. The fraction of sp³-hybridized carbons (Fsp3) is 0.409. The molecule has 0 N–H and O–H groups in total. The van der Waals surface area contributed by atoms with E-state index in [0.717, 1.165) is 60.2 Å². The first kappa shape index (κ1) is 20.2. The zero-order valence-electron chi connectivity index (χ0n) is 16.5. The van der Waals surface area contributed by atoms with Crippen molar-refractivity contribution in [3.05, 3.63) is 65.3 Å². The average Bonchev–Trinajstić information content (AvgIpc) is 3.18. The minimum atomic E-state index is 0.212. The van der Waals surface area contributed by atoms with E-state index in [0.29, 0.717) is 11.8 Å². The third-order valence-electron chi connectivity index (χ3n) is 5.33. The van der Waals surface area contributed by atoms with Gasteiger partial charge in [0.05, 0.1) is 0 Å². The fourth-order valence-corrected chi connectivity index (χ4v) is 4.36. The maximum absolute atomic E-state index is 6.10. The van der Waals surface area contributed by atoms with Gasteiger partial charge in [-0.3, -0.25) is 4.57 Å². The number of ether oxygens (including phenoxy) is 1. The van der Waals surface area contributed by atoms with E-state index in [1.807, 2.05) is 54.2 Å². The molecule has 0 atom stereocenters. The van der Waals surface area contributed by atoms with Crippen LogP contribution in [0.1, 0.15) is 43.3 Å². The number of pyridine rings is 1. The molecule has 0 aliphatic heterocycles. The third kappa shape index (κ3) is 4.93. The van der Waals surface area contributed by atoms with Gasteiger partial charge in [-0.05, 0) is 62.3 Å². The van der Waals surface area contributed by atoms with E-state index in [1.54, 1.807) is 6.20 Å². The second-order valence-electron chi connectivity index (χ2n) is 7.29. The number of nitrogens with zero attached hydrogens (tertiary/aromatic N) is 4. The molecule has 0 bridgehead atoms. The Morgan fingerprint density at radius 2 is 1.86 bits per heavy atom. The van der Waals surface area contributed by atoms with Gasteiger partial charge in [0.25, 0.3) is 0 Å². The van der Waals surface area contributed by atoms with E-state index < -0.39 is 0 Å². The van der Waals surface area contributed by atoms with Gasteiger partial charge < -0.3 is 4.74 Å². The lowest BCUT2D eigenvalue weighted by molar-refractivity contribution is 0.139. The van der Waals surface area contributed by atoms with E-state index in [4.69, 9.17) is 16.3 Å². The SMILES string of the molecule is CSCCc1nnc(C2CCC(Oc3ccccn3)CC2)n1-c1ccc(Cl)cc1. The van der Waals surface area contributed by atoms with Crippen LogP contribution in [0.3, 0.4) is 0 Å². The highest BCUT2D eigenvalue weighted by Crippen LogP contribution is 2.35. The fourth-order valence-electron chi connectivity index (χ4n) is 3.85. The number of benzene rings is 1. The quantitative estimate of drug-likeness (QED) is 0.509. The number of thioether (sulfide) groups is 1. The van der Waals surface area contributed by atoms with Crippen LogP contribution < -0.4 is 4.74 Å². The number of aryl methyl sites for hydroxylation is 1. The Morgan fingerprint density at radius 3 is 2.55 bits per heavy atom. The summed E-state index contributed by atoms with van der Waals surface area (Å²) in [5.74, 6) is 4.18. The Balaban J connectivity index is 1.51. The van der Waals surface area contributed by atoms with Gasteiger partial charge in [-0.2, -0.15) is 11.8 Å². The van der Waals surface area contributed by atoms with Crippen LogP contribution in [0.5, 0.6) is 5.88 Å². The van der Waals surface area contributed by atoms with Gasteiger partial charge in [-0.15, -0.1) is 10.2 Å². The maximum atomic E-state index is 6.10. The molecule has 4 rings (SSSR count). The maximum Gasteiger partial charge on any atom is 0.213 e. The van der Waals surface area contributed by atoms with Gasteiger partial charge in [-0.25, -0.2) is 4.98 Å². The first-order chi connectivity index (χ1) is 14.2. The molecule has 0 spiro atoms. The minimum absolute atomic E-state index is 0.212. The van der Waals surface area contributed by atoms with Gasteiger partial charge in [-0.1, -0.05) is 17.7 Å². The highest BCUT2D eigenvalue weighted by Gasteiger charge is 2.28. The highest BCUT2D eigenvalue weighted by atomic mass is 35.5. The lowest BCUT2D eigenvalue weighted by Gasteiger charge is -2.28. The van der Waals surface area contributed by atoms with E-state index in [1.165, 1.54) is 0 Å². The Kier molecular flexibility index (Phi) is 6.72. The second-order valence-corrected chi connectivity index (χ2v) is 8.71. The predicted octanol–water partition coefficient (Wildman–Crippen LogP) is 5.33. The van der Waals surface area contributed by atoms with Gasteiger partial charge in [0.1, 0.15) is 17.8 Å². The normalized spacial score (nSPS) is 19.2. The molecule has 1 aliphatic carbocycles. The smallest absolute Gasteiger partial charge is 0.213 e. The largest absolute Gasteiger partial charge is 0.474 e. The van der Waals surface area contributed by atoms with Crippen LogP contribution in [0.25, 0.3) is 5.69 Å². The molecule has 3 aromatic rings. The van der Waals surface area contributed by atoms with Crippen molar-refractivity contribution in [1.82, 2.24) is 19.7 Å². The standard InChI is InChI=1S/C22H25ClN4OS/c1-29-15-13-20-25-26-22(27(20)18-9-7-17(23)8-10-18)16-5-11-19(12-6-16)28-21-4-2-3-14-24-21/h2-4,7-10,14,16,19H,5-6,11-13,15H2,1H3. The molecule has 29 heavy (non-hydrogen) atoms. The Morgan fingerprint density at radius 1 is 1.07 bits per heavy atom. The highest BCUT2D eigenvalue weighted by molar-refractivity contribution is 7.98. The molecule has 0 saturated heterocycles. The van der Waals surface area contributed by atoms with E-state index >= 15 is 0 Å². The van der Waals surface area contributed by atoms with Crippen LogP contribution in [-0.2, 0) is 6.42 Å². The summed E-state index contributed by atoms with van der Waals surface area (Å²) in [7, 11) is 0. The van der Waals surface area contributed by atoms with Crippen LogP contribution in [0, 0.1) is 0 Å². The van der Waals surface area contributed by atoms with Crippen molar-refractivity contribution in [2.75, 3.05) is 12.0 Å². The van der Waals surface area contributed by atoms with Crippen LogP contribution in [-0.4, -0.2) is 37.9 Å².